The van der Waals surface area contributed by atoms with E-state index >= 15 is 0 Å². The molecule has 0 radical (unpaired) electrons. The first-order chi connectivity index (χ1) is 10.2. The van der Waals surface area contributed by atoms with Gasteiger partial charge < -0.3 is 0 Å². The molecule has 104 valence electrons. The Morgan fingerprint density at radius 3 is 2.90 bits per heavy atom. The Morgan fingerprint density at radius 1 is 1.29 bits per heavy atom. The molecule has 0 bridgehead atoms. The van der Waals surface area contributed by atoms with Crippen LogP contribution in [-0.2, 0) is 11.8 Å². The molecule has 2 aromatic heterocycles. The topological polar surface area (TPSA) is 63.4 Å². The number of nitrogens with zero attached hydrogens (tertiary/aromatic N) is 5. The van der Waals surface area contributed by atoms with Gasteiger partial charge in [-0.1, -0.05) is 23.5 Å². The summed E-state index contributed by atoms with van der Waals surface area (Å²) in [6, 6.07) is 7.81. The lowest BCUT2D eigenvalue weighted by molar-refractivity contribution is -0.116. The molecular weight excluding hydrogens is 286 g/mol. The van der Waals surface area contributed by atoms with Crippen LogP contribution in [0.1, 0.15) is 12.0 Å². The molecule has 7 heteroatoms. The molecule has 3 heterocycles. The van der Waals surface area contributed by atoms with Gasteiger partial charge in [0.2, 0.25) is 5.13 Å². The van der Waals surface area contributed by atoms with Crippen LogP contribution in [0.3, 0.4) is 0 Å². The lowest BCUT2D eigenvalue weighted by Crippen LogP contribution is -2.19. The third-order valence-electron chi connectivity index (χ3n) is 3.28. The Hall–Kier alpha value is -2.54. The van der Waals surface area contributed by atoms with Crippen LogP contribution in [0.2, 0.25) is 0 Å². The van der Waals surface area contributed by atoms with Gasteiger partial charge in [-0.2, -0.15) is 15.2 Å². The van der Waals surface area contributed by atoms with Crippen LogP contribution in [0, 0.1) is 0 Å². The maximum Gasteiger partial charge on any atom is 0.255 e. The highest BCUT2D eigenvalue weighted by molar-refractivity contribution is 7.22. The fourth-order valence-corrected chi connectivity index (χ4v) is 3.19. The summed E-state index contributed by atoms with van der Waals surface area (Å²) in [7, 11) is 1.84. The maximum atomic E-state index is 12.2. The number of aryl methyl sites for hydroxylation is 1. The summed E-state index contributed by atoms with van der Waals surface area (Å²) in [5, 5.41) is 10.5. The van der Waals surface area contributed by atoms with Crippen molar-refractivity contribution in [2.45, 2.75) is 6.42 Å². The summed E-state index contributed by atoms with van der Waals surface area (Å²) in [4.78, 5) is 16.7. The van der Waals surface area contributed by atoms with Crippen molar-refractivity contribution in [3.63, 3.8) is 0 Å². The number of para-hydroxylation sites is 1. The number of amides is 1. The molecule has 1 amide bonds. The fraction of sp³-hybridized carbons (Fsp3) is 0.143. The minimum absolute atomic E-state index is 0.0621. The molecule has 0 saturated carbocycles. The summed E-state index contributed by atoms with van der Waals surface area (Å²) in [5.74, 6) is -0.0621. The predicted molar refractivity (Wildman–Crippen MR) is 81.5 cm³/mol. The predicted octanol–water partition coefficient (Wildman–Crippen LogP) is 2.17. The fourth-order valence-electron chi connectivity index (χ4n) is 2.26. The van der Waals surface area contributed by atoms with Crippen molar-refractivity contribution < 1.29 is 4.79 Å². The first-order valence-electron chi connectivity index (χ1n) is 6.46. The number of hydrazone groups is 1. The van der Waals surface area contributed by atoms with E-state index in [1.54, 1.807) is 10.9 Å². The number of rotatable bonds is 2. The molecular formula is C14H11N5OS. The van der Waals surface area contributed by atoms with E-state index in [0.717, 1.165) is 21.5 Å². The molecule has 0 fully saturated rings. The van der Waals surface area contributed by atoms with Gasteiger partial charge in [0.05, 0.1) is 28.5 Å². The van der Waals surface area contributed by atoms with E-state index in [2.05, 4.69) is 15.2 Å². The normalized spacial score (nSPS) is 15.0. The Balaban J connectivity index is 1.74. The van der Waals surface area contributed by atoms with E-state index in [1.165, 1.54) is 16.3 Å². The molecule has 0 N–H and O–H groups in total. The monoisotopic (exact) mass is 297 g/mol. The Bertz CT molecular complexity index is 845. The highest BCUT2D eigenvalue weighted by Gasteiger charge is 2.28. The van der Waals surface area contributed by atoms with E-state index < -0.39 is 0 Å². The molecule has 6 nitrogen and oxygen atoms in total. The summed E-state index contributed by atoms with van der Waals surface area (Å²) in [6.45, 7) is 0. The molecule has 1 aromatic carbocycles. The zero-order chi connectivity index (χ0) is 14.4. The third kappa shape index (κ3) is 2.02. The number of carbonyl (C=O) groups is 1. The molecule has 21 heavy (non-hydrogen) atoms. The van der Waals surface area contributed by atoms with E-state index in [1.807, 2.05) is 37.5 Å². The number of carbonyl (C=O) groups excluding carboxylic acids is 1. The second-order valence-corrected chi connectivity index (χ2v) is 5.80. The van der Waals surface area contributed by atoms with Crippen LogP contribution >= 0.6 is 11.3 Å². The van der Waals surface area contributed by atoms with Gasteiger partial charge in [0.15, 0.2) is 0 Å². The van der Waals surface area contributed by atoms with Gasteiger partial charge in [-0.15, -0.1) is 0 Å². The van der Waals surface area contributed by atoms with Crippen LogP contribution in [0.4, 0.5) is 5.13 Å². The van der Waals surface area contributed by atoms with Gasteiger partial charge >= 0.3 is 0 Å². The van der Waals surface area contributed by atoms with Crippen LogP contribution in [0.25, 0.3) is 10.2 Å². The second kappa shape index (κ2) is 4.49. The van der Waals surface area contributed by atoms with E-state index in [-0.39, 0.29) is 12.3 Å². The molecule has 0 spiro atoms. The lowest BCUT2D eigenvalue weighted by Gasteiger charge is -2.05. The van der Waals surface area contributed by atoms with Crippen molar-refractivity contribution in [2.75, 3.05) is 5.01 Å². The average Bonchev–Trinajstić information content (AvgIpc) is 3.15. The van der Waals surface area contributed by atoms with Crippen LogP contribution in [-0.4, -0.2) is 26.4 Å². The zero-order valence-corrected chi connectivity index (χ0v) is 12.0. The van der Waals surface area contributed by atoms with Crippen molar-refractivity contribution in [1.29, 1.82) is 0 Å². The first-order valence-corrected chi connectivity index (χ1v) is 7.27. The van der Waals surface area contributed by atoms with E-state index in [0.29, 0.717) is 5.13 Å². The van der Waals surface area contributed by atoms with Gasteiger partial charge in [-0.25, -0.2) is 4.98 Å². The summed E-state index contributed by atoms with van der Waals surface area (Å²) >= 11 is 1.47. The smallest absolute Gasteiger partial charge is 0.255 e. The SMILES string of the molecule is Cn1cc(C2=NN(c3nc4ccccc4s3)C(=O)C2)cn1. The quantitative estimate of drug-likeness (QED) is 0.728. The molecule has 0 atom stereocenters. The Kier molecular flexibility index (Phi) is 2.61. The van der Waals surface area contributed by atoms with Gasteiger partial charge in [0, 0.05) is 18.8 Å². The first kappa shape index (κ1) is 12.2. The number of anilines is 1. The van der Waals surface area contributed by atoms with Crippen molar-refractivity contribution in [1.82, 2.24) is 14.8 Å². The van der Waals surface area contributed by atoms with Crippen LogP contribution < -0.4 is 5.01 Å². The van der Waals surface area contributed by atoms with Crippen molar-refractivity contribution in [3.8, 4) is 0 Å². The van der Waals surface area contributed by atoms with Crippen LogP contribution in [0.15, 0.2) is 41.8 Å². The summed E-state index contributed by atoms with van der Waals surface area (Å²) in [6.07, 6.45) is 3.85. The van der Waals surface area contributed by atoms with Gasteiger partial charge in [0.25, 0.3) is 5.91 Å². The molecule has 1 aliphatic rings. The number of thiazole rings is 1. The lowest BCUT2D eigenvalue weighted by atomic mass is 10.2. The maximum absolute atomic E-state index is 12.2. The molecule has 1 aliphatic heterocycles. The number of hydrogen-bond donors (Lipinski definition) is 0. The van der Waals surface area contributed by atoms with E-state index in [9.17, 15) is 4.79 Å². The Labute approximate surface area is 124 Å². The number of benzene rings is 1. The standard InChI is InChI=1S/C14H11N5OS/c1-18-8-9(7-15-18)11-6-13(20)19(17-11)14-16-10-4-2-3-5-12(10)21-14/h2-5,7-8H,6H2,1H3. The largest absolute Gasteiger partial charge is 0.275 e. The third-order valence-corrected chi connectivity index (χ3v) is 4.29. The van der Waals surface area contributed by atoms with E-state index in [4.69, 9.17) is 0 Å². The van der Waals surface area contributed by atoms with Gasteiger partial charge in [-0.05, 0) is 12.1 Å². The number of aromatic nitrogens is 3. The summed E-state index contributed by atoms with van der Waals surface area (Å²) in [5.41, 5.74) is 2.48. The number of fused-ring (bicyclic) bond motifs is 1. The van der Waals surface area contributed by atoms with Crippen molar-refractivity contribution in [3.05, 3.63) is 42.2 Å². The summed E-state index contributed by atoms with van der Waals surface area (Å²) < 4.78 is 2.74. The Morgan fingerprint density at radius 2 is 2.14 bits per heavy atom. The molecule has 0 aliphatic carbocycles. The van der Waals surface area contributed by atoms with Crippen molar-refractivity contribution >= 4 is 38.3 Å². The molecule has 0 unspecified atom stereocenters. The minimum Gasteiger partial charge on any atom is -0.275 e. The minimum atomic E-state index is -0.0621. The molecule has 3 aromatic rings. The second-order valence-electron chi connectivity index (χ2n) is 4.80. The molecule has 4 rings (SSSR count). The van der Waals surface area contributed by atoms with Crippen LogP contribution in [0.5, 0.6) is 0 Å². The highest BCUT2D eigenvalue weighted by Crippen LogP contribution is 2.31. The van der Waals surface area contributed by atoms with Gasteiger partial charge in [0.1, 0.15) is 0 Å². The van der Waals surface area contributed by atoms with Crippen molar-refractivity contribution in [2.24, 2.45) is 12.1 Å². The van der Waals surface area contributed by atoms with Gasteiger partial charge in [-0.3, -0.25) is 9.48 Å². The average molecular weight is 297 g/mol. The molecule has 0 saturated heterocycles. The zero-order valence-electron chi connectivity index (χ0n) is 11.2. The number of hydrogen-bond acceptors (Lipinski definition) is 5. The highest BCUT2D eigenvalue weighted by atomic mass is 32.1.